The van der Waals surface area contributed by atoms with Crippen LogP contribution in [0.15, 0.2) is 23.4 Å². The lowest BCUT2D eigenvalue weighted by atomic mass is 9.95. The summed E-state index contributed by atoms with van der Waals surface area (Å²) in [5.74, 6) is -0.335. The molecule has 0 aliphatic carbocycles. The van der Waals surface area contributed by atoms with Gasteiger partial charge >= 0.3 is 12.0 Å². The molecule has 8 nitrogen and oxygen atoms in total. The Balaban J connectivity index is 2.45. The van der Waals surface area contributed by atoms with E-state index in [-0.39, 0.29) is 22.8 Å². The topological polar surface area (TPSA) is 106 Å². The van der Waals surface area contributed by atoms with Crippen LogP contribution in [-0.4, -0.2) is 37.9 Å². The molecule has 1 aromatic carbocycles. The largest absolute Gasteiger partial charge is 0.502 e. The number of phenolic OH excluding ortho intramolecular Hbond substituents is 1. The van der Waals surface area contributed by atoms with Gasteiger partial charge in [-0.1, -0.05) is 13.3 Å². The highest BCUT2D eigenvalue weighted by Gasteiger charge is 2.33. The fraction of sp³-hybridized carbons (Fsp3) is 0.444. The molecule has 142 valence electrons. The molecule has 2 rings (SSSR count). The summed E-state index contributed by atoms with van der Waals surface area (Å²) in [6.45, 7) is 3.94. The van der Waals surface area contributed by atoms with E-state index in [0.717, 1.165) is 12.8 Å². The molecular formula is C18H24N2O6. The van der Waals surface area contributed by atoms with Crippen LogP contribution in [0.5, 0.6) is 17.2 Å². The summed E-state index contributed by atoms with van der Waals surface area (Å²) in [6, 6.07) is 1.88. The minimum Gasteiger partial charge on any atom is -0.502 e. The summed E-state index contributed by atoms with van der Waals surface area (Å²) in [7, 11) is 2.81. The van der Waals surface area contributed by atoms with E-state index in [1.807, 2.05) is 6.92 Å². The van der Waals surface area contributed by atoms with Crippen molar-refractivity contribution in [3.05, 3.63) is 29.0 Å². The number of amides is 2. The van der Waals surface area contributed by atoms with Crippen LogP contribution in [0.1, 0.15) is 38.3 Å². The van der Waals surface area contributed by atoms with Crippen molar-refractivity contribution in [2.45, 2.75) is 32.7 Å². The number of esters is 1. The van der Waals surface area contributed by atoms with Crippen LogP contribution >= 0.6 is 0 Å². The number of phenols is 1. The second-order valence-electron chi connectivity index (χ2n) is 5.83. The maximum atomic E-state index is 12.6. The van der Waals surface area contributed by atoms with Crippen molar-refractivity contribution in [2.75, 3.05) is 20.8 Å². The van der Waals surface area contributed by atoms with Gasteiger partial charge in [-0.3, -0.25) is 0 Å². The number of methoxy groups -OCH3 is 2. The molecule has 1 aromatic rings. The lowest BCUT2D eigenvalue weighted by Crippen LogP contribution is -2.45. The number of nitrogens with one attached hydrogen (secondary N) is 2. The highest BCUT2D eigenvalue weighted by atomic mass is 16.5. The van der Waals surface area contributed by atoms with Gasteiger partial charge in [0.25, 0.3) is 0 Å². The summed E-state index contributed by atoms with van der Waals surface area (Å²) < 4.78 is 15.6. The van der Waals surface area contributed by atoms with Crippen LogP contribution in [-0.2, 0) is 9.53 Å². The van der Waals surface area contributed by atoms with E-state index in [2.05, 4.69) is 10.6 Å². The van der Waals surface area contributed by atoms with Crippen molar-refractivity contribution in [3.63, 3.8) is 0 Å². The molecule has 0 saturated carbocycles. The third kappa shape index (κ3) is 4.01. The normalized spacial score (nSPS) is 16.6. The van der Waals surface area contributed by atoms with Gasteiger partial charge in [0.2, 0.25) is 5.75 Å². The second kappa shape index (κ2) is 8.46. The van der Waals surface area contributed by atoms with Gasteiger partial charge in [0, 0.05) is 5.70 Å². The van der Waals surface area contributed by atoms with Crippen LogP contribution in [0, 0.1) is 0 Å². The summed E-state index contributed by atoms with van der Waals surface area (Å²) in [6.07, 6.45) is 1.65. The zero-order valence-electron chi connectivity index (χ0n) is 15.3. The Bertz CT molecular complexity index is 703. The molecule has 0 radical (unpaired) electrons. The van der Waals surface area contributed by atoms with E-state index >= 15 is 0 Å². The van der Waals surface area contributed by atoms with E-state index in [1.54, 1.807) is 19.1 Å². The highest BCUT2D eigenvalue weighted by Crippen LogP contribution is 2.40. The van der Waals surface area contributed by atoms with Crippen LogP contribution in [0.3, 0.4) is 0 Å². The average Bonchev–Trinajstić information content (AvgIpc) is 2.61. The van der Waals surface area contributed by atoms with Crippen LogP contribution < -0.4 is 20.1 Å². The molecule has 1 aliphatic rings. The van der Waals surface area contributed by atoms with E-state index in [1.165, 1.54) is 14.2 Å². The van der Waals surface area contributed by atoms with Gasteiger partial charge in [0.15, 0.2) is 11.5 Å². The predicted molar refractivity (Wildman–Crippen MR) is 94.2 cm³/mol. The third-order valence-electron chi connectivity index (χ3n) is 4.06. The number of urea groups is 1. The standard InChI is InChI=1S/C18H24N2O6/c1-5-6-7-26-17(22)14-10(2)19-18(23)20-15(14)11-8-12(24-3)16(21)13(9-11)25-4/h8-9,15,21H,5-7H2,1-4H3,(H2,19,20,23)/t15-/m1/s1. The fourth-order valence-corrected chi connectivity index (χ4v) is 2.68. The molecule has 0 unspecified atom stereocenters. The molecule has 2 amide bonds. The van der Waals surface area contributed by atoms with Crippen molar-refractivity contribution in [2.24, 2.45) is 0 Å². The Morgan fingerprint density at radius 1 is 1.23 bits per heavy atom. The van der Waals surface area contributed by atoms with Gasteiger partial charge in [-0.05, 0) is 31.0 Å². The molecule has 0 aromatic heterocycles. The van der Waals surface area contributed by atoms with Crippen LogP contribution in [0.25, 0.3) is 0 Å². The van der Waals surface area contributed by atoms with Gasteiger partial charge in [-0.2, -0.15) is 0 Å². The summed E-state index contributed by atoms with van der Waals surface area (Å²) >= 11 is 0. The molecule has 0 bridgehead atoms. The number of hydrogen-bond donors (Lipinski definition) is 3. The predicted octanol–water partition coefficient (Wildman–Crippen LogP) is 2.38. The first-order valence-corrected chi connectivity index (χ1v) is 8.33. The maximum absolute atomic E-state index is 12.6. The molecular weight excluding hydrogens is 340 g/mol. The van der Waals surface area contributed by atoms with Crippen LogP contribution in [0.2, 0.25) is 0 Å². The lowest BCUT2D eigenvalue weighted by molar-refractivity contribution is -0.139. The molecule has 0 spiro atoms. The van der Waals surface area contributed by atoms with Gasteiger partial charge < -0.3 is 30.0 Å². The molecule has 0 saturated heterocycles. The summed E-state index contributed by atoms with van der Waals surface area (Å²) in [5, 5.41) is 15.4. The third-order valence-corrected chi connectivity index (χ3v) is 4.06. The number of unbranched alkanes of at least 4 members (excludes halogenated alkanes) is 1. The first-order chi connectivity index (χ1) is 12.4. The van der Waals surface area contributed by atoms with Crippen molar-refractivity contribution >= 4 is 12.0 Å². The minimum atomic E-state index is -0.763. The summed E-state index contributed by atoms with van der Waals surface area (Å²) in [5.41, 5.74) is 1.22. The Morgan fingerprint density at radius 2 is 1.85 bits per heavy atom. The van der Waals surface area contributed by atoms with Crippen LogP contribution in [0.4, 0.5) is 4.79 Å². The molecule has 8 heteroatoms. The van der Waals surface area contributed by atoms with Crippen molar-refractivity contribution < 1.29 is 28.9 Å². The Hall–Kier alpha value is -2.90. The number of carbonyl (C=O) groups excluding carboxylic acids is 2. The molecule has 1 heterocycles. The van der Waals surface area contributed by atoms with Crippen molar-refractivity contribution in [3.8, 4) is 17.2 Å². The molecule has 0 fully saturated rings. The van der Waals surface area contributed by atoms with E-state index in [0.29, 0.717) is 17.9 Å². The molecule has 3 N–H and O–H groups in total. The zero-order valence-corrected chi connectivity index (χ0v) is 15.3. The quantitative estimate of drug-likeness (QED) is 0.507. The van der Waals surface area contributed by atoms with E-state index in [9.17, 15) is 14.7 Å². The number of allylic oxidation sites excluding steroid dienone is 1. The van der Waals surface area contributed by atoms with Gasteiger partial charge in [0.05, 0.1) is 32.4 Å². The molecule has 1 atom stereocenters. The lowest BCUT2D eigenvalue weighted by Gasteiger charge is -2.28. The Morgan fingerprint density at radius 3 is 2.38 bits per heavy atom. The fourth-order valence-electron chi connectivity index (χ4n) is 2.68. The Labute approximate surface area is 152 Å². The Kier molecular flexibility index (Phi) is 6.32. The molecule has 26 heavy (non-hydrogen) atoms. The smallest absolute Gasteiger partial charge is 0.338 e. The van der Waals surface area contributed by atoms with E-state index < -0.39 is 18.0 Å². The monoisotopic (exact) mass is 364 g/mol. The average molecular weight is 364 g/mol. The number of rotatable bonds is 7. The van der Waals surface area contributed by atoms with Gasteiger partial charge in [-0.15, -0.1) is 0 Å². The number of carbonyl (C=O) groups is 2. The first-order valence-electron chi connectivity index (χ1n) is 8.33. The summed E-state index contributed by atoms with van der Waals surface area (Å²) in [4.78, 5) is 24.5. The van der Waals surface area contributed by atoms with E-state index in [4.69, 9.17) is 14.2 Å². The number of aromatic hydroxyl groups is 1. The van der Waals surface area contributed by atoms with Gasteiger partial charge in [0.1, 0.15) is 0 Å². The first kappa shape index (κ1) is 19.4. The SMILES string of the molecule is CCCCOC(=O)C1=C(C)NC(=O)N[C@@H]1c1cc(OC)c(O)c(OC)c1. The number of ether oxygens (including phenoxy) is 3. The number of hydrogen-bond acceptors (Lipinski definition) is 6. The second-order valence-corrected chi connectivity index (χ2v) is 5.83. The zero-order chi connectivity index (χ0) is 19.3. The van der Waals surface area contributed by atoms with Crippen molar-refractivity contribution in [1.29, 1.82) is 0 Å². The molecule has 1 aliphatic heterocycles. The number of benzene rings is 1. The highest BCUT2D eigenvalue weighted by molar-refractivity contribution is 5.95. The maximum Gasteiger partial charge on any atom is 0.338 e. The minimum absolute atomic E-state index is 0.160. The van der Waals surface area contributed by atoms with Crippen molar-refractivity contribution in [1.82, 2.24) is 10.6 Å². The van der Waals surface area contributed by atoms with Gasteiger partial charge in [-0.25, -0.2) is 9.59 Å².